The Morgan fingerprint density at radius 3 is 2.56 bits per heavy atom. The maximum absolute atomic E-state index is 12.7. The van der Waals surface area contributed by atoms with Crippen molar-refractivity contribution in [3.8, 4) is 0 Å². The monoisotopic (exact) mass is 398 g/mol. The molecule has 0 aliphatic carbocycles. The van der Waals surface area contributed by atoms with Crippen molar-refractivity contribution in [3.63, 3.8) is 0 Å². The van der Waals surface area contributed by atoms with Gasteiger partial charge in [0.05, 0.1) is 18.1 Å². The molecule has 0 bridgehead atoms. The summed E-state index contributed by atoms with van der Waals surface area (Å²) in [6.45, 7) is 5.98. The van der Waals surface area contributed by atoms with E-state index in [1.807, 2.05) is 0 Å². The molecule has 2 aromatic rings. The fourth-order valence-corrected chi connectivity index (χ4v) is 4.09. The quantitative estimate of drug-likeness (QED) is 0.659. The van der Waals surface area contributed by atoms with Crippen LogP contribution in [0.2, 0.25) is 0 Å². The van der Waals surface area contributed by atoms with Crippen LogP contribution < -0.4 is 5.69 Å². The molecule has 3 heterocycles. The normalized spacial score (nSPS) is 16.6. The van der Waals surface area contributed by atoms with Crippen LogP contribution in [0.25, 0.3) is 5.65 Å². The Balaban J connectivity index is 1.91. The fourth-order valence-electron chi connectivity index (χ4n) is 2.69. The third-order valence-corrected chi connectivity index (χ3v) is 5.74. The second-order valence-corrected chi connectivity index (χ2v) is 9.07. The molecule has 1 saturated heterocycles. The summed E-state index contributed by atoms with van der Waals surface area (Å²) in [5.41, 5.74) is -1.06. The highest BCUT2D eigenvalue weighted by Gasteiger charge is 2.27. The van der Waals surface area contributed by atoms with Crippen LogP contribution in [0.5, 0.6) is 0 Å². The lowest BCUT2D eigenvalue weighted by Gasteiger charge is -2.25. The molecule has 0 radical (unpaired) electrons. The van der Waals surface area contributed by atoms with E-state index >= 15 is 0 Å². The van der Waals surface area contributed by atoms with Gasteiger partial charge in [-0.2, -0.15) is 4.31 Å². The van der Waals surface area contributed by atoms with Crippen molar-refractivity contribution >= 4 is 21.6 Å². The first kappa shape index (κ1) is 19.5. The molecule has 148 valence electrons. The van der Waals surface area contributed by atoms with Gasteiger partial charge in [-0.25, -0.2) is 22.3 Å². The van der Waals surface area contributed by atoms with Crippen molar-refractivity contribution < 1.29 is 22.7 Å². The average Bonchev–Trinajstić information content (AvgIpc) is 2.89. The predicted molar refractivity (Wildman–Crippen MR) is 94.9 cm³/mol. The van der Waals surface area contributed by atoms with E-state index in [-0.39, 0.29) is 30.2 Å². The first-order valence-electron chi connectivity index (χ1n) is 8.47. The van der Waals surface area contributed by atoms with Gasteiger partial charge >= 0.3 is 11.7 Å². The van der Waals surface area contributed by atoms with Gasteiger partial charge in [0.2, 0.25) is 10.0 Å². The number of pyridine rings is 1. The van der Waals surface area contributed by atoms with Crippen molar-refractivity contribution in [1.82, 2.24) is 18.5 Å². The number of sulfonamides is 1. The first-order valence-corrected chi connectivity index (χ1v) is 9.91. The van der Waals surface area contributed by atoms with Gasteiger partial charge in [-0.05, 0) is 32.9 Å². The Labute approximate surface area is 156 Å². The summed E-state index contributed by atoms with van der Waals surface area (Å²) in [5, 5.41) is 4.06. The van der Waals surface area contributed by atoms with E-state index in [2.05, 4.69) is 5.10 Å². The Bertz CT molecular complexity index is 1010. The van der Waals surface area contributed by atoms with Gasteiger partial charge in [0.25, 0.3) is 0 Å². The third kappa shape index (κ3) is 4.20. The van der Waals surface area contributed by atoms with Gasteiger partial charge in [-0.15, -0.1) is 5.10 Å². The van der Waals surface area contributed by atoms with Gasteiger partial charge in [-0.1, -0.05) is 0 Å². The molecule has 1 aliphatic rings. The van der Waals surface area contributed by atoms with E-state index < -0.39 is 27.3 Å². The third-order valence-electron chi connectivity index (χ3n) is 3.86. The van der Waals surface area contributed by atoms with Crippen LogP contribution in [0.1, 0.15) is 20.8 Å². The zero-order valence-electron chi connectivity index (χ0n) is 15.4. The lowest BCUT2D eigenvalue weighted by atomic mass is 10.2. The number of esters is 1. The minimum Gasteiger partial charge on any atom is -0.459 e. The number of hydrogen-bond donors (Lipinski definition) is 0. The SMILES string of the molecule is CC(C)(C)OC(=O)Cn1nc2ccc(S(=O)(=O)N3CCOCC3)cn2c1=O. The molecule has 0 spiro atoms. The lowest BCUT2D eigenvalue weighted by Crippen LogP contribution is -2.40. The van der Waals surface area contributed by atoms with Crippen LogP contribution in [0.4, 0.5) is 0 Å². The second-order valence-electron chi connectivity index (χ2n) is 7.14. The Kier molecular flexibility index (Phi) is 5.10. The number of morpholine rings is 1. The van der Waals surface area contributed by atoms with Crippen LogP contribution in [-0.4, -0.2) is 64.8 Å². The summed E-state index contributed by atoms with van der Waals surface area (Å²) < 4.78 is 39.2. The summed E-state index contributed by atoms with van der Waals surface area (Å²) in [7, 11) is -3.74. The largest absolute Gasteiger partial charge is 0.459 e. The lowest BCUT2D eigenvalue weighted by molar-refractivity contribution is -0.155. The molecule has 1 fully saturated rings. The first-order chi connectivity index (χ1) is 12.6. The Hall–Kier alpha value is -2.24. The molecule has 0 unspecified atom stereocenters. The molecule has 0 atom stereocenters. The van der Waals surface area contributed by atoms with Crippen LogP contribution in [0, 0.1) is 0 Å². The molecule has 3 rings (SSSR count). The summed E-state index contributed by atoms with van der Waals surface area (Å²) in [6, 6.07) is 2.82. The number of nitrogens with zero attached hydrogens (tertiary/aromatic N) is 4. The number of rotatable bonds is 4. The summed E-state index contributed by atoms with van der Waals surface area (Å²) in [4.78, 5) is 24.4. The molecule has 11 heteroatoms. The van der Waals surface area contributed by atoms with Gasteiger partial charge in [0.15, 0.2) is 5.65 Å². The molecule has 0 aromatic carbocycles. The minimum absolute atomic E-state index is 0.0178. The molecular formula is C16H22N4O6S. The van der Waals surface area contributed by atoms with Gasteiger partial charge < -0.3 is 9.47 Å². The smallest absolute Gasteiger partial charge is 0.350 e. The second kappa shape index (κ2) is 7.06. The molecule has 1 aliphatic heterocycles. The standard InChI is InChI=1S/C16H22N4O6S/c1-16(2,3)26-14(21)11-20-15(22)19-10-12(4-5-13(19)17-20)27(23,24)18-6-8-25-9-7-18/h4-5,10H,6-9,11H2,1-3H3. The zero-order valence-corrected chi connectivity index (χ0v) is 16.2. The van der Waals surface area contributed by atoms with Gasteiger partial charge in [-0.3, -0.25) is 4.79 Å². The number of hydrogen-bond acceptors (Lipinski definition) is 7. The average molecular weight is 398 g/mol. The minimum atomic E-state index is -3.74. The predicted octanol–water partition coefficient (Wildman–Crippen LogP) is -0.141. The molecule has 0 amide bonds. The molecular weight excluding hydrogens is 376 g/mol. The molecule has 10 nitrogen and oxygen atoms in total. The highest BCUT2D eigenvalue weighted by Crippen LogP contribution is 2.17. The molecule has 0 N–H and O–H groups in total. The number of carbonyl (C=O) groups excluding carboxylic acids is 1. The van der Waals surface area contributed by atoms with Crippen LogP contribution in [0.3, 0.4) is 0 Å². The van der Waals surface area contributed by atoms with Crippen molar-refractivity contribution in [2.75, 3.05) is 26.3 Å². The van der Waals surface area contributed by atoms with Crippen molar-refractivity contribution in [3.05, 3.63) is 28.8 Å². The maximum Gasteiger partial charge on any atom is 0.350 e. The summed E-state index contributed by atoms with van der Waals surface area (Å²) >= 11 is 0. The van der Waals surface area contributed by atoms with E-state index in [0.717, 1.165) is 9.08 Å². The van der Waals surface area contributed by atoms with Gasteiger partial charge in [0.1, 0.15) is 12.1 Å². The maximum atomic E-state index is 12.7. The number of carbonyl (C=O) groups is 1. The van der Waals surface area contributed by atoms with Crippen LogP contribution >= 0.6 is 0 Å². The van der Waals surface area contributed by atoms with E-state index in [9.17, 15) is 18.0 Å². The summed E-state index contributed by atoms with van der Waals surface area (Å²) in [6.07, 6.45) is 1.22. The van der Waals surface area contributed by atoms with Crippen LogP contribution in [0.15, 0.2) is 28.0 Å². The Morgan fingerprint density at radius 2 is 1.93 bits per heavy atom. The number of fused-ring (bicyclic) bond motifs is 1. The van der Waals surface area contributed by atoms with E-state index in [4.69, 9.17) is 9.47 Å². The van der Waals surface area contributed by atoms with E-state index in [1.165, 1.54) is 22.6 Å². The molecule has 27 heavy (non-hydrogen) atoms. The molecule has 0 saturated carbocycles. The van der Waals surface area contributed by atoms with E-state index in [0.29, 0.717) is 13.2 Å². The van der Waals surface area contributed by atoms with Gasteiger partial charge in [0, 0.05) is 19.3 Å². The number of ether oxygens (including phenoxy) is 2. The highest BCUT2D eigenvalue weighted by molar-refractivity contribution is 7.89. The fraction of sp³-hybridized carbons (Fsp3) is 0.562. The summed E-state index contributed by atoms with van der Waals surface area (Å²) in [5.74, 6) is -0.603. The number of aromatic nitrogens is 3. The Morgan fingerprint density at radius 1 is 1.26 bits per heavy atom. The van der Waals surface area contributed by atoms with Crippen molar-refractivity contribution in [2.45, 2.75) is 37.8 Å². The van der Waals surface area contributed by atoms with E-state index in [1.54, 1.807) is 20.8 Å². The highest BCUT2D eigenvalue weighted by atomic mass is 32.2. The van der Waals surface area contributed by atoms with Crippen molar-refractivity contribution in [1.29, 1.82) is 0 Å². The zero-order chi connectivity index (χ0) is 19.8. The van der Waals surface area contributed by atoms with Crippen molar-refractivity contribution in [2.24, 2.45) is 0 Å². The van der Waals surface area contributed by atoms with Crippen LogP contribution in [-0.2, 0) is 30.8 Å². The molecule has 2 aromatic heterocycles. The topological polar surface area (TPSA) is 112 Å².